The molecule has 2 nitrogen and oxygen atoms in total. The lowest BCUT2D eigenvalue weighted by Crippen LogP contribution is -2.18. The van der Waals surface area contributed by atoms with Crippen molar-refractivity contribution in [1.82, 2.24) is 0 Å². The van der Waals surface area contributed by atoms with Gasteiger partial charge in [-0.15, -0.1) is 0 Å². The molecule has 0 atom stereocenters. The molecular formula is C9H6BrO2-. The molecule has 0 N–H and O–H groups in total. The summed E-state index contributed by atoms with van der Waals surface area (Å²) in [6, 6.07) is 7.30. The van der Waals surface area contributed by atoms with Gasteiger partial charge in [0.1, 0.15) is 0 Å². The first-order chi connectivity index (χ1) is 5.68. The second-order valence-electron chi connectivity index (χ2n) is 2.20. The third-order valence-electron chi connectivity index (χ3n) is 1.28. The molecule has 0 fully saturated rings. The lowest BCUT2D eigenvalue weighted by Gasteiger charge is -1.94. The molecule has 0 spiro atoms. The monoisotopic (exact) mass is 225 g/mol. The molecule has 1 aromatic carbocycles. The summed E-state index contributed by atoms with van der Waals surface area (Å²) in [5, 5.41) is 10.0. The van der Waals surface area contributed by atoms with Crippen molar-refractivity contribution in [2.45, 2.75) is 0 Å². The number of aliphatic carboxylic acids is 1. The minimum Gasteiger partial charge on any atom is -0.545 e. The minimum absolute atomic E-state index is 0.836. The van der Waals surface area contributed by atoms with Gasteiger partial charge >= 0.3 is 0 Å². The van der Waals surface area contributed by atoms with Crippen molar-refractivity contribution in [3.63, 3.8) is 0 Å². The van der Waals surface area contributed by atoms with E-state index in [9.17, 15) is 9.90 Å². The largest absolute Gasteiger partial charge is 0.545 e. The fraction of sp³-hybridized carbons (Fsp3) is 0. The van der Waals surface area contributed by atoms with E-state index in [1.165, 1.54) is 6.08 Å². The second-order valence-corrected chi connectivity index (χ2v) is 3.12. The van der Waals surface area contributed by atoms with Crippen LogP contribution in [0.4, 0.5) is 0 Å². The van der Waals surface area contributed by atoms with E-state index in [0.29, 0.717) is 0 Å². The first-order valence-corrected chi connectivity index (χ1v) is 4.12. The zero-order valence-corrected chi connectivity index (χ0v) is 7.74. The van der Waals surface area contributed by atoms with Crippen LogP contribution in [0.5, 0.6) is 0 Å². The summed E-state index contributed by atoms with van der Waals surface area (Å²) in [5.74, 6) is -1.18. The molecule has 0 aliphatic rings. The van der Waals surface area contributed by atoms with Crippen LogP contribution in [-0.2, 0) is 4.79 Å². The van der Waals surface area contributed by atoms with Gasteiger partial charge in [0.05, 0.1) is 5.97 Å². The minimum atomic E-state index is -1.18. The summed E-state index contributed by atoms with van der Waals surface area (Å²) in [7, 11) is 0. The first kappa shape index (κ1) is 9.00. The molecule has 0 saturated heterocycles. The molecular weight excluding hydrogens is 220 g/mol. The van der Waals surface area contributed by atoms with Crippen LogP contribution in [0.1, 0.15) is 5.56 Å². The van der Waals surface area contributed by atoms with Crippen LogP contribution in [0.25, 0.3) is 6.08 Å². The Kier molecular flexibility index (Phi) is 3.05. The van der Waals surface area contributed by atoms with Crippen LogP contribution in [-0.4, -0.2) is 5.97 Å². The number of carbonyl (C=O) groups is 1. The number of carboxylic acids is 1. The second kappa shape index (κ2) is 4.07. The predicted molar refractivity (Wildman–Crippen MR) is 48.2 cm³/mol. The Hall–Kier alpha value is -1.09. The summed E-state index contributed by atoms with van der Waals surface area (Å²) in [6.45, 7) is 0. The van der Waals surface area contributed by atoms with Gasteiger partial charge in [0, 0.05) is 4.47 Å². The van der Waals surface area contributed by atoms with Crippen LogP contribution in [0.2, 0.25) is 0 Å². The highest BCUT2D eigenvalue weighted by atomic mass is 79.9. The van der Waals surface area contributed by atoms with E-state index in [-0.39, 0.29) is 0 Å². The van der Waals surface area contributed by atoms with E-state index in [1.807, 2.05) is 24.3 Å². The smallest absolute Gasteiger partial charge is 0.0643 e. The van der Waals surface area contributed by atoms with Gasteiger partial charge in [-0.3, -0.25) is 0 Å². The molecule has 0 aliphatic heterocycles. The average molecular weight is 226 g/mol. The Labute approximate surface area is 78.7 Å². The normalized spacial score (nSPS) is 10.4. The Morgan fingerprint density at radius 3 is 2.42 bits per heavy atom. The lowest BCUT2D eigenvalue weighted by molar-refractivity contribution is -0.297. The van der Waals surface area contributed by atoms with Crippen molar-refractivity contribution in [3.05, 3.63) is 40.4 Å². The number of benzene rings is 1. The van der Waals surface area contributed by atoms with Crippen molar-refractivity contribution in [2.24, 2.45) is 0 Å². The Morgan fingerprint density at radius 1 is 1.33 bits per heavy atom. The molecule has 3 heteroatoms. The zero-order valence-electron chi connectivity index (χ0n) is 6.16. The van der Waals surface area contributed by atoms with Gasteiger partial charge in [0.25, 0.3) is 0 Å². The van der Waals surface area contributed by atoms with Crippen LogP contribution in [0.15, 0.2) is 34.8 Å². The average Bonchev–Trinajstić information content (AvgIpc) is 2.03. The number of hydrogen-bond acceptors (Lipinski definition) is 2. The van der Waals surface area contributed by atoms with E-state index in [2.05, 4.69) is 15.9 Å². The molecule has 12 heavy (non-hydrogen) atoms. The van der Waals surface area contributed by atoms with E-state index in [4.69, 9.17) is 0 Å². The van der Waals surface area contributed by atoms with Crippen LogP contribution in [0, 0.1) is 0 Å². The highest BCUT2D eigenvalue weighted by Crippen LogP contribution is 2.11. The molecule has 0 radical (unpaired) electrons. The molecule has 0 unspecified atom stereocenters. The molecule has 0 bridgehead atoms. The fourth-order valence-electron chi connectivity index (χ4n) is 0.738. The summed E-state index contributed by atoms with van der Waals surface area (Å²) in [5.41, 5.74) is 0.836. The van der Waals surface area contributed by atoms with Crippen LogP contribution >= 0.6 is 15.9 Å². The van der Waals surface area contributed by atoms with E-state index >= 15 is 0 Å². The molecule has 1 rings (SSSR count). The molecule has 0 aliphatic carbocycles. The summed E-state index contributed by atoms with van der Waals surface area (Å²) < 4.78 is 0.966. The number of carboxylic acid groups (broad SMARTS) is 1. The molecule has 0 heterocycles. The Balaban J connectivity index is 2.77. The van der Waals surface area contributed by atoms with Gasteiger partial charge in [0.15, 0.2) is 0 Å². The molecule has 1 aromatic rings. The highest BCUT2D eigenvalue weighted by molar-refractivity contribution is 9.10. The van der Waals surface area contributed by atoms with Crippen molar-refractivity contribution in [3.8, 4) is 0 Å². The number of rotatable bonds is 2. The van der Waals surface area contributed by atoms with Crippen LogP contribution < -0.4 is 5.11 Å². The van der Waals surface area contributed by atoms with E-state index in [1.54, 1.807) is 0 Å². The standard InChI is InChI=1S/C9H7BrO2/c10-8-4-1-7(2-5-8)3-6-9(11)12/h1-6H,(H,11,12)/p-1/b6-3-. The lowest BCUT2D eigenvalue weighted by atomic mass is 10.2. The van der Waals surface area contributed by atoms with Gasteiger partial charge in [-0.05, 0) is 23.8 Å². The topological polar surface area (TPSA) is 40.1 Å². The number of hydrogen-bond donors (Lipinski definition) is 0. The highest BCUT2D eigenvalue weighted by Gasteiger charge is 1.86. The SMILES string of the molecule is O=C([O-])/C=C\c1ccc(Br)cc1. The molecule has 0 saturated carbocycles. The Morgan fingerprint density at radius 2 is 1.92 bits per heavy atom. The van der Waals surface area contributed by atoms with Crippen molar-refractivity contribution >= 4 is 28.0 Å². The van der Waals surface area contributed by atoms with Gasteiger partial charge < -0.3 is 9.90 Å². The molecule has 0 amide bonds. The molecule has 0 aromatic heterocycles. The first-order valence-electron chi connectivity index (χ1n) is 3.33. The third kappa shape index (κ3) is 2.88. The van der Waals surface area contributed by atoms with Crippen molar-refractivity contribution < 1.29 is 9.90 Å². The fourth-order valence-corrected chi connectivity index (χ4v) is 1.00. The van der Waals surface area contributed by atoms with Gasteiger partial charge in [0.2, 0.25) is 0 Å². The van der Waals surface area contributed by atoms with E-state index < -0.39 is 5.97 Å². The van der Waals surface area contributed by atoms with E-state index in [0.717, 1.165) is 16.1 Å². The quantitative estimate of drug-likeness (QED) is 0.711. The van der Waals surface area contributed by atoms with Gasteiger partial charge in [-0.25, -0.2) is 0 Å². The molecule has 62 valence electrons. The Bertz CT molecular complexity index is 301. The maximum atomic E-state index is 10.0. The summed E-state index contributed by atoms with van der Waals surface area (Å²) >= 11 is 3.27. The van der Waals surface area contributed by atoms with Gasteiger partial charge in [-0.2, -0.15) is 0 Å². The maximum Gasteiger partial charge on any atom is 0.0643 e. The van der Waals surface area contributed by atoms with Crippen molar-refractivity contribution in [2.75, 3.05) is 0 Å². The zero-order chi connectivity index (χ0) is 8.97. The predicted octanol–water partition coefficient (Wildman–Crippen LogP) is 1.21. The number of carbonyl (C=O) groups excluding carboxylic acids is 1. The number of halogens is 1. The summed E-state index contributed by atoms with van der Waals surface area (Å²) in [4.78, 5) is 10.0. The van der Waals surface area contributed by atoms with Gasteiger partial charge in [-0.1, -0.05) is 34.1 Å². The van der Waals surface area contributed by atoms with Crippen LogP contribution in [0.3, 0.4) is 0 Å². The maximum absolute atomic E-state index is 10.0. The summed E-state index contributed by atoms with van der Waals surface area (Å²) in [6.07, 6.45) is 2.49. The van der Waals surface area contributed by atoms with Crippen molar-refractivity contribution in [1.29, 1.82) is 0 Å². The third-order valence-corrected chi connectivity index (χ3v) is 1.81.